The van der Waals surface area contributed by atoms with Crippen molar-refractivity contribution in [2.45, 2.75) is 16.2 Å². The molecule has 12 rings (SSSR count). The largest absolute Gasteiger partial charge is 0.454 e. The molecule has 0 amide bonds. The van der Waals surface area contributed by atoms with Gasteiger partial charge in [-0.05, 0) is 99.4 Å². The Morgan fingerprint density at radius 1 is 0.527 bits per heavy atom. The molecule has 0 unspecified atom stereocenters. The van der Waals surface area contributed by atoms with Crippen molar-refractivity contribution in [3.8, 4) is 11.5 Å². The third kappa shape index (κ3) is 12.6. The molecule has 0 radical (unpaired) electrons. The van der Waals surface area contributed by atoms with E-state index in [0.717, 1.165) is 160 Å². The molecule has 74 heavy (non-hydrogen) atoms. The number of para-hydroxylation sites is 3. The van der Waals surface area contributed by atoms with Crippen LogP contribution in [-0.4, -0.2) is 171 Å². The topological polar surface area (TPSA) is 107 Å². The normalized spacial score (nSPS) is 17.4. The number of aliphatic hydroxyl groups excluding tert-OH is 1. The highest BCUT2D eigenvalue weighted by molar-refractivity contribution is 7.99. The zero-order valence-corrected chi connectivity index (χ0v) is 44.5. The van der Waals surface area contributed by atoms with Crippen molar-refractivity contribution < 1.29 is 14.6 Å². The Kier molecular flexibility index (Phi) is 17.1. The number of fused-ring (bicyclic) bond motifs is 6. The third-order valence-electron chi connectivity index (χ3n) is 13.8. The fourth-order valence-electron chi connectivity index (χ4n) is 9.58. The van der Waals surface area contributed by atoms with Gasteiger partial charge in [0.1, 0.15) is 28.9 Å². The predicted octanol–water partition coefficient (Wildman–Crippen LogP) is 10.7. The van der Waals surface area contributed by atoms with E-state index in [-0.39, 0.29) is 6.61 Å². The maximum absolute atomic E-state index is 8.81. The van der Waals surface area contributed by atoms with Crippen LogP contribution in [0.2, 0.25) is 10.0 Å². The molecule has 3 fully saturated rings. The lowest BCUT2D eigenvalue weighted by Crippen LogP contribution is -2.49. The summed E-state index contributed by atoms with van der Waals surface area (Å²) in [6.45, 7) is 14.5. The molecule has 16 heteroatoms. The second kappa shape index (κ2) is 24.6. The van der Waals surface area contributed by atoms with Crippen molar-refractivity contribution in [2.75, 3.05) is 124 Å². The van der Waals surface area contributed by atoms with Crippen LogP contribution in [0.3, 0.4) is 0 Å². The monoisotopic (exact) mass is 1050 g/mol. The molecule has 0 atom stereocenters. The number of nitrogens with zero attached hydrogens (tertiary/aromatic N) is 9. The molecule has 6 aromatic rings. The Bertz CT molecular complexity index is 2850. The van der Waals surface area contributed by atoms with Gasteiger partial charge in [-0.2, -0.15) is 0 Å². The highest BCUT2D eigenvalue weighted by atomic mass is 35.5. The minimum absolute atomic E-state index is 0.198. The molecular formula is C58H64Cl2N10O3S. The van der Waals surface area contributed by atoms with Crippen molar-refractivity contribution in [3.05, 3.63) is 160 Å². The summed E-state index contributed by atoms with van der Waals surface area (Å²) < 4.78 is 11.7. The summed E-state index contributed by atoms with van der Waals surface area (Å²) >= 11 is 14.1. The number of hydrogen-bond acceptors (Lipinski definition) is 14. The summed E-state index contributed by atoms with van der Waals surface area (Å²) in [6.07, 6.45) is 0.715. The van der Waals surface area contributed by atoms with Crippen molar-refractivity contribution >= 4 is 80.9 Å². The molecule has 13 nitrogen and oxygen atoms in total. The Morgan fingerprint density at radius 3 is 1.78 bits per heavy atom. The zero-order chi connectivity index (χ0) is 50.8. The van der Waals surface area contributed by atoms with Crippen LogP contribution < -0.4 is 10.1 Å². The Morgan fingerprint density at radius 2 is 1.07 bits per heavy atom. The number of rotatable bonds is 6. The minimum Gasteiger partial charge on any atom is -0.454 e. The first kappa shape index (κ1) is 51.5. The van der Waals surface area contributed by atoms with Gasteiger partial charge in [0.25, 0.3) is 0 Å². The first-order valence-corrected chi connectivity index (χ1v) is 27.2. The molecule has 384 valence electrons. The molecule has 6 heterocycles. The van der Waals surface area contributed by atoms with Crippen LogP contribution in [0.25, 0.3) is 0 Å². The first-order chi connectivity index (χ1) is 36.3. The molecule has 3 saturated heterocycles. The van der Waals surface area contributed by atoms with Crippen LogP contribution in [0.5, 0.6) is 11.5 Å². The van der Waals surface area contributed by atoms with E-state index in [2.05, 4.69) is 122 Å². The van der Waals surface area contributed by atoms with E-state index < -0.39 is 0 Å². The number of benzene rings is 6. The van der Waals surface area contributed by atoms with Gasteiger partial charge in [-0.1, -0.05) is 89.6 Å². The van der Waals surface area contributed by atoms with Gasteiger partial charge in [0.2, 0.25) is 0 Å². The van der Waals surface area contributed by atoms with Crippen LogP contribution in [0.15, 0.2) is 158 Å². The van der Waals surface area contributed by atoms with Gasteiger partial charge in [-0.15, -0.1) is 0 Å². The van der Waals surface area contributed by atoms with Gasteiger partial charge in [0.05, 0.1) is 29.2 Å². The van der Waals surface area contributed by atoms with Crippen molar-refractivity contribution in [1.29, 1.82) is 0 Å². The van der Waals surface area contributed by atoms with Crippen LogP contribution in [0, 0.1) is 0 Å². The fraction of sp³-hybridized carbons (Fsp3) is 0.328. The molecule has 0 saturated carbocycles. The number of nitrogens with one attached hydrogen (secondary N) is 1. The molecule has 6 aliphatic heterocycles. The Hall–Kier alpha value is -5.94. The van der Waals surface area contributed by atoms with E-state index in [0.29, 0.717) is 23.1 Å². The Balaban J connectivity index is 0.000000128. The zero-order valence-electron chi connectivity index (χ0n) is 42.2. The number of aliphatic hydroxyl groups is 1. The van der Waals surface area contributed by atoms with Gasteiger partial charge >= 0.3 is 0 Å². The van der Waals surface area contributed by atoms with Crippen LogP contribution in [0.4, 0.5) is 28.4 Å². The predicted molar refractivity (Wildman–Crippen MR) is 303 cm³/mol. The molecule has 0 bridgehead atoms. The number of halogens is 2. The average molecular weight is 1050 g/mol. The van der Waals surface area contributed by atoms with E-state index >= 15 is 0 Å². The third-order valence-corrected chi connectivity index (χ3v) is 15.4. The summed E-state index contributed by atoms with van der Waals surface area (Å²) in [7, 11) is 4.31. The molecular weight excluding hydrogens is 988 g/mol. The standard InChI is InChI=1S/C22H27N3O2S.C18H19ClN4.C18H18ClN3O/c26-15-5-16-27-17-14-24-10-12-25(13-11-24)22-18-6-1-3-8-20(18)28-21-9-4-2-7-19(21)23-22;1-22-8-10-23(11-9-22)18-14-4-2-3-5-15(14)20-16-7-6-13(19)12-17(16)21-18;1-21-8-10-22(11-9-21)18-14-4-2-3-5-16(14)23-17-7-6-13(19)12-15(17)20-18/h1-4,6-9,26H,5,10-17H2;2-7,12,20H,8-11H2,1H3;2-7,12H,8-11H2,1H3. The van der Waals surface area contributed by atoms with Gasteiger partial charge < -0.3 is 44.4 Å². The van der Waals surface area contributed by atoms with Crippen molar-refractivity contribution in [2.24, 2.45) is 15.0 Å². The maximum atomic E-state index is 8.81. The van der Waals surface area contributed by atoms with E-state index in [4.69, 9.17) is 52.8 Å². The molecule has 0 aliphatic carbocycles. The number of ether oxygens (including phenoxy) is 2. The summed E-state index contributed by atoms with van der Waals surface area (Å²) in [5, 5.41) is 13.7. The summed E-state index contributed by atoms with van der Waals surface area (Å²) in [6, 6.07) is 44.8. The highest BCUT2D eigenvalue weighted by Crippen LogP contribution is 2.42. The second-order valence-electron chi connectivity index (χ2n) is 19.0. The number of piperazine rings is 3. The van der Waals surface area contributed by atoms with E-state index in [1.54, 1.807) is 11.8 Å². The van der Waals surface area contributed by atoms with E-state index in [1.165, 1.54) is 15.4 Å². The smallest absolute Gasteiger partial charge is 0.153 e. The van der Waals surface area contributed by atoms with Gasteiger partial charge in [0.15, 0.2) is 5.75 Å². The molecule has 6 aliphatic rings. The van der Waals surface area contributed by atoms with Gasteiger partial charge in [-0.25, -0.2) is 15.0 Å². The summed E-state index contributed by atoms with van der Waals surface area (Å²) in [4.78, 5) is 31.7. The van der Waals surface area contributed by atoms with Crippen LogP contribution >= 0.6 is 35.0 Å². The quantitative estimate of drug-likeness (QED) is 0.156. The molecule has 6 aromatic carbocycles. The van der Waals surface area contributed by atoms with E-state index in [9.17, 15) is 0 Å². The number of anilines is 2. The first-order valence-electron chi connectivity index (χ1n) is 25.6. The lowest BCUT2D eigenvalue weighted by molar-refractivity contribution is 0.0800. The molecule has 0 aromatic heterocycles. The Labute approximate surface area is 449 Å². The van der Waals surface area contributed by atoms with Crippen molar-refractivity contribution in [1.82, 2.24) is 29.4 Å². The minimum atomic E-state index is 0.198. The van der Waals surface area contributed by atoms with Gasteiger partial charge in [-0.3, -0.25) is 4.90 Å². The van der Waals surface area contributed by atoms with Crippen LogP contribution in [0.1, 0.15) is 23.1 Å². The lowest BCUT2D eigenvalue weighted by Gasteiger charge is -2.36. The van der Waals surface area contributed by atoms with Gasteiger partial charge in [0, 0.05) is 135 Å². The number of likely N-dealkylation sites (N-methyl/N-ethyl adjacent to an activating group) is 2. The molecule has 2 N–H and O–H groups in total. The summed E-state index contributed by atoms with van der Waals surface area (Å²) in [5.41, 5.74) is 8.21. The maximum Gasteiger partial charge on any atom is 0.153 e. The number of hydrogen-bond donors (Lipinski definition) is 2. The van der Waals surface area contributed by atoms with E-state index in [1.807, 2.05) is 60.7 Å². The fourth-order valence-corrected chi connectivity index (χ4v) is 10.9. The number of aliphatic imine (C=N–C) groups is 3. The number of amidine groups is 3. The van der Waals surface area contributed by atoms with Crippen molar-refractivity contribution in [3.63, 3.8) is 0 Å². The lowest BCUT2D eigenvalue weighted by atomic mass is 10.1. The molecule has 0 spiro atoms. The SMILES string of the molecule is CN1CCN(C2=Nc3cc(Cl)ccc3Nc3ccccc32)CC1.CN1CCN(C2=Nc3cc(Cl)ccc3Oc3ccccc32)CC1.OCCCOCCN1CCN(C2=Nc3ccccc3Sc3ccccc32)CC1. The van der Waals surface area contributed by atoms with Crippen LogP contribution in [-0.2, 0) is 4.74 Å². The average Bonchev–Trinajstić information content (AvgIpc) is 3.79. The second-order valence-corrected chi connectivity index (χ2v) is 21.0. The summed E-state index contributed by atoms with van der Waals surface area (Å²) in [5.74, 6) is 4.67. The highest BCUT2D eigenvalue weighted by Gasteiger charge is 2.28.